The minimum absolute atomic E-state index is 0.149. The molecule has 2 unspecified atom stereocenters. The van der Waals surface area contributed by atoms with Crippen molar-refractivity contribution >= 4 is 46.2 Å². The maximum Gasteiger partial charge on any atom is 0.407 e. The first-order valence-electron chi connectivity index (χ1n) is 23.5. The molecule has 16 nitrogen and oxygen atoms in total. The second-order valence-corrected chi connectivity index (χ2v) is 20.1. The van der Waals surface area contributed by atoms with Gasteiger partial charge in [0.15, 0.2) is 0 Å². The number of rotatable bonds is 12. The van der Waals surface area contributed by atoms with Gasteiger partial charge in [0.25, 0.3) is 0 Å². The van der Waals surface area contributed by atoms with E-state index >= 15 is 4.39 Å². The Morgan fingerprint density at radius 2 is 1.32 bits per heavy atom. The number of carbonyl (C=O) groups is 4. The predicted octanol–water partition coefficient (Wildman–Crippen LogP) is 9.19. The molecule has 1 saturated carbocycles. The Labute approximate surface area is 396 Å². The number of amides is 4. The first-order valence-corrected chi connectivity index (χ1v) is 24.3. The van der Waals surface area contributed by atoms with E-state index in [0.717, 1.165) is 46.3 Å². The molecule has 6 aromatic rings. The first-order chi connectivity index (χ1) is 32.8. The Morgan fingerprint density at radius 3 is 1.88 bits per heavy atom. The molecule has 356 valence electrons. The van der Waals surface area contributed by atoms with Gasteiger partial charge in [-0.1, -0.05) is 33.8 Å². The van der Waals surface area contributed by atoms with Crippen LogP contribution in [0.1, 0.15) is 112 Å². The molecule has 0 bridgehead atoms. The number of ether oxygens (including phenoxy) is 3. The quantitative estimate of drug-likeness (QED) is 0.0927. The van der Waals surface area contributed by atoms with E-state index in [9.17, 15) is 19.2 Å². The second kappa shape index (κ2) is 18.1. The molecule has 4 aromatic heterocycles. The number of aromatic nitrogens is 5. The van der Waals surface area contributed by atoms with Crippen LogP contribution in [0.5, 0.6) is 5.75 Å². The third kappa shape index (κ3) is 8.25. The molecular weight excluding hydrogens is 890 g/mol. The molecule has 10 rings (SSSR count). The van der Waals surface area contributed by atoms with E-state index in [1.54, 1.807) is 33.5 Å². The van der Waals surface area contributed by atoms with E-state index in [1.807, 2.05) is 52.0 Å². The molecule has 0 radical (unpaired) electrons. The average molecular weight is 946 g/mol. The molecule has 68 heavy (non-hydrogen) atoms. The molecule has 0 spiro atoms. The van der Waals surface area contributed by atoms with E-state index in [0.29, 0.717) is 65.3 Å². The lowest BCUT2D eigenvalue weighted by molar-refractivity contribution is -0.136. The Kier molecular flexibility index (Phi) is 12.0. The maximum absolute atomic E-state index is 16.9. The van der Waals surface area contributed by atoms with Crippen molar-refractivity contribution in [2.45, 2.75) is 103 Å². The predicted molar refractivity (Wildman–Crippen MR) is 253 cm³/mol. The number of imidazole rings is 2. The van der Waals surface area contributed by atoms with Gasteiger partial charge in [-0.15, -0.1) is 11.3 Å². The number of aromatic amines is 2. The van der Waals surface area contributed by atoms with Gasteiger partial charge in [-0.2, -0.15) is 0 Å². The molecular formula is C50H56FN9O7S. The zero-order valence-electron chi connectivity index (χ0n) is 38.9. The largest absolute Gasteiger partial charge is 0.464 e. The maximum atomic E-state index is 16.9. The van der Waals surface area contributed by atoms with Gasteiger partial charge in [0.2, 0.25) is 18.0 Å². The van der Waals surface area contributed by atoms with Crippen LogP contribution in [0.3, 0.4) is 0 Å². The number of benzene rings is 2. The third-order valence-electron chi connectivity index (χ3n) is 13.8. The Hall–Kier alpha value is -6.69. The molecule has 2 aromatic carbocycles. The van der Waals surface area contributed by atoms with E-state index in [4.69, 9.17) is 24.2 Å². The van der Waals surface area contributed by atoms with E-state index < -0.39 is 36.3 Å². The van der Waals surface area contributed by atoms with Gasteiger partial charge in [0, 0.05) is 34.5 Å². The lowest BCUT2D eigenvalue weighted by Gasteiger charge is -2.30. The van der Waals surface area contributed by atoms with Crippen molar-refractivity contribution in [2.75, 3.05) is 27.3 Å². The molecule has 4 amide bonds. The number of H-pyrrole nitrogens is 2. The van der Waals surface area contributed by atoms with Crippen LogP contribution in [0.4, 0.5) is 14.0 Å². The molecule has 2 saturated heterocycles. The summed E-state index contributed by atoms with van der Waals surface area (Å²) >= 11 is 1.73. The van der Waals surface area contributed by atoms with Crippen LogP contribution in [-0.4, -0.2) is 97.7 Å². The number of thiophene rings is 1. The number of fused-ring (bicyclic) bond motifs is 5. The van der Waals surface area contributed by atoms with Gasteiger partial charge in [0.05, 0.1) is 71.7 Å². The highest BCUT2D eigenvalue weighted by Gasteiger charge is 2.40. The highest BCUT2D eigenvalue weighted by Crippen LogP contribution is 2.50. The summed E-state index contributed by atoms with van der Waals surface area (Å²) in [5, 5.41) is 6.29. The minimum Gasteiger partial charge on any atom is -0.464 e. The van der Waals surface area contributed by atoms with E-state index in [-0.39, 0.29) is 35.7 Å². The fourth-order valence-electron chi connectivity index (χ4n) is 10.1. The zero-order valence-corrected chi connectivity index (χ0v) is 39.7. The van der Waals surface area contributed by atoms with Gasteiger partial charge in [-0.25, -0.2) is 23.9 Å². The van der Waals surface area contributed by atoms with Crippen molar-refractivity contribution in [3.05, 3.63) is 88.1 Å². The smallest absolute Gasteiger partial charge is 0.407 e. The third-order valence-corrected chi connectivity index (χ3v) is 15.1. The van der Waals surface area contributed by atoms with E-state index in [1.165, 1.54) is 38.0 Å². The number of hydrogen-bond acceptors (Lipinski definition) is 10. The van der Waals surface area contributed by atoms with Crippen LogP contribution < -0.4 is 15.4 Å². The van der Waals surface area contributed by atoms with E-state index in [2.05, 4.69) is 43.4 Å². The summed E-state index contributed by atoms with van der Waals surface area (Å²) in [6, 6.07) is 13.6. The fourth-order valence-corrected chi connectivity index (χ4v) is 11.3. The van der Waals surface area contributed by atoms with Crippen molar-refractivity contribution < 1.29 is 37.8 Å². The van der Waals surface area contributed by atoms with Crippen molar-refractivity contribution in [1.82, 2.24) is 44.9 Å². The molecule has 18 heteroatoms. The lowest BCUT2D eigenvalue weighted by Crippen LogP contribution is -2.51. The molecule has 4 aliphatic rings. The van der Waals surface area contributed by atoms with Gasteiger partial charge in [-0.05, 0) is 98.7 Å². The summed E-state index contributed by atoms with van der Waals surface area (Å²) in [5.74, 6) is 1.04. The first kappa shape index (κ1) is 45.1. The van der Waals surface area contributed by atoms with Gasteiger partial charge in [0.1, 0.15) is 35.3 Å². The summed E-state index contributed by atoms with van der Waals surface area (Å²) in [6.45, 7) is 8.59. The summed E-state index contributed by atoms with van der Waals surface area (Å²) < 4.78 is 35.5. The second-order valence-electron chi connectivity index (χ2n) is 18.9. The van der Waals surface area contributed by atoms with Crippen LogP contribution in [0.25, 0.3) is 44.7 Å². The Morgan fingerprint density at radius 1 is 0.750 bits per heavy atom. The molecule has 4 N–H and O–H groups in total. The Balaban J connectivity index is 0.963. The Bertz CT molecular complexity index is 2910. The fraction of sp³-hybridized carbons (Fsp3) is 0.440. The molecule has 3 aliphatic heterocycles. The van der Waals surface area contributed by atoms with Crippen molar-refractivity contribution in [2.24, 2.45) is 11.8 Å². The monoisotopic (exact) mass is 945 g/mol. The SMILES string of the molecule is COC(=O)NC(C(=O)N1CCC[C@H]1c1ncc(-c2ccc3c(c2)cc2n3C(c3ccc(C4CC4)s3)Oc3cc(-c4cnc([C@@H]5CCCN5C(=O)[C@@H](NC(=O)OC)C(C)C)[nH]4)cc(F)c3-2)[nH]1)C(C)C. The molecule has 5 atom stereocenters. The number of hydrogen-bond donors (Lipinski definition) is 4. The number of carbonyl (C=O) groups excluding carboxylic acids is 4. The highest BCUT2D eigenvalue weighted by molar-refractivity contribution is 7.12. The van der Waals surface area contributed by atoms with Crippen LogP contribution in [0.15, 0.2) is 60.9 Å². The summed E-state index contributed by atoms with van der Waals surface area (Å²) in [5.41, 5.74) is 4.70. The number of likely N-dealkylation sites (tertiary alicyclic amines) is 2. The normalized spacial score (nSPS) is 19.8. The van der Waals surface area contributed by atoms with Gasteiger partial charge < -0.3 is 44.6 Å². The summed E-state index contributed by atoms with van der Waals surface area (Å²) in [4.78, 5) is 74.1. The highest BCUT2D eigenvalue weighted by atomic mass is 32.1. The number of halogens is 1. The lowest BCUT2D eigenvalue weighted by atomic mass is 10.0. The van der Waals surface area contributed by atoms with Crippen LogP contribution in [0.2, 0.25) is 0 Å². The number of nitrogens with one attached hydrogen (secondary N) is 4. The summed E-state index contributed by atoms with van der Waals surface area (Å²) in [6.07, 6.45) is 6.87. The average Bonchev–Trinajstić information content (AvgIpc) is 4.05. The number of methoxy groups -OCH3 is 2. The van der Waals surface area contributed by atoms with Crippen LogP contribution >= 0.6 is 11.3 Å². The molecule has 7 heterocycles. The topological polar surface area (TPSA) is 189 Å². The van der Waals surface area contributed by atoms with Gasteiger partial charge in [-0.3, -0.25) is 14.2 Å². The molecule has 3 fully saturated rings. The minimum atomic E-state index is -0.768. The summed E-state index contributed by atoms with van der Waals surface area (Å²) in [7, 11) is 2.55. The number of nitrogens with zero attached hydrogens (tertiary/aromatic N) is 5. The van der Waals surface area contributed by atoms with Crippen molar-refractivity contribution in [3.63, 3.8) is 0 Å². The number of alkyl carbamates (subject to hydrolysis) is 2. The van der Waals surface area contributed by atoms with Crippen LogP contribution in [0, 0.1) is 17.7 Å². The van der Waals surface area contributed by atoms with Crippen molar-refractivity contribution in [1.29, 1.82) is 0 Å². The zero-order chi connectivity index (χ0) is 47.5. The molecule has 1 aliphatic carbocycles. The van der Waals surface area contributed by atoms with Crippen LogP contribution in [-0.2, 0) is 19.1 Å². The van der Waals surface area contributed by atoms with Gasteiger partial charge >= 0.3 is 12.2 Å². The standard InChI is InChI=1S/C50H56FN9O7S/c1-25(2)42(56-49(63)65-5)46(61)58-17-7-9-35(58)44-52-23-32(54-44)28-13-14-34-30(19-28)21-37-41-31(51)20-29(22-38(41)67-48(60(34)37)40-16-15-39(68-40)27-11-12-27)33-24-53-45(55-33)36-10-8-18-59(36)47(62)43(26(3)4)57-50(64)66-6/h13-16,19-27,35-36,42-43,48H,7-12,17-18H2,1-6H3,(H,52,54)(H,53,55)(H,56,63)(H,57,64)/t35-,36-,42?,43-,48?/m0/s1. The van der Waals surface area contributed by atoms with Crippen molar-refractivity contribution in [3.8, 4) is 39.5 Å².